The van der Waals surface area contributed by atoms with Crippen LogP contribution in [0.1, 0.15) is 25.8 Å². The van der Waals surface area contributed by atoms with E-state index in [1.165, 1.54) is 14.0 Å². The lowest BCUT2D eigenvalue weighted by Gasteiger charge is -2.12. The Hall–Kier alpha value is -1.71. The molecule has 1 atom stereocenters. The van der Waals surface area contributed by atoms with Gasteiger partial charge in [0.25, 0.3) is 0 Å². The summed E-state index contributed by atoms with van der Waals surface area (Å²) in [6.45, 7) is 3.49. The first-order valence-electron chi connectivity index (χ1n) is 5.66. The predicted octanol–water partition coefficient (Wildman–Crippen LogP) is 1.86. The number of phenols is 1. The summed E-state index contributed by atoms with van der Waals surface area (Å²) >= 11 is 0. The van der Waals surface area contributed by atoms with Crippen LogP contribution in [0, 0.1) is 0 Å². The summed E-state index contributed by atoms with van der Waals surface area (Å²) in [7, 11) is 1.53. The number of carbonyl (C=O) groups is 1. The summed E-state index contributed by atoms with van der Waals surface area (Å²) in [5, 5.41) is 12.3. The molecule has 4 heteroatoms. The highest BCUT2D eigenvalue weighted by atomic mass is 16.5. The largest absolute Gasteiger partial charge is 0.504 e. The van der Waals surface area contributed by atoms with E-state index in [0.29, 0.717) is 5.75 Å². The zero-order chi connectivity index (χ0) is 12.8. The maximum atomic E-state index is 10.8. The Kier molecular flexibility index (Phi) is 4.82. The molecule has 0 aliphatic heterocycles. The molecule has 0 spiro atoms. The summed E-state index contributed by atoms with van der Waals surface area (Å²) in [6.07, 6.45) is 1.69. The van der Waals surface area contributed by atoms with Gasteiger partial charge in [-0.15, -0.1) is 0 Å². The number of aromatic hydroxyl groups is 1. The first kappa shape index (κ1) is 13.4. The number of hydrogen-bond donors (Lipinski definition) is 2. The number of benzene rings is 1. The lowest BCUT2D eigenvalue weighted by atomic mass is 10.1. The van der Waals surface area contributed by atoms with Gasteiger partial charge in [0.2, 0.25) is 5.91 Å². The topological polar surface area (TPSA) is 58.6 Å². The van der Waals surface area contributed by atoms with Crippen LogP contribution in [0.25, 0.3) is 0 Å². The van der Waals surface area contributed by atoms with Crippen molar-refractivity contribution in [3.8, 4) is 11.5 Å². The third-order valence-electron chi connectivity index (χ3n) is 2.56. The second-order valence-electron chi connectivity index (χ2n) is 4.15. The fourth-order valence-electron chi connectivity index (χ4n) is 1.68. The van der Waals surface area contributed by atoms with E-state index in [2.05, 4.69) is 5.32 Å². The van der Waals surface area contributed by atoms with Gasteiger partial charge in [-0.3, -0.25) is 4.79 Å². The van der Waals surface area contributed by atoms with Crippen molar-refractivity contribution in [3.05, 3.63) is 23.8 Å². The van der Waals surface area contributed by atoms with E-state index in [0.717, 1.165) is 18.4 Å². The van der Waals surface area contributed by atoms with Crippen LogP contribution >= 0.6 is 0 Å². The Morgan fingerprint density at radius 1 is 1.53 bits per heavy atom. The van der Waals surface area contributed by atoms with Gasteiger partial charge in [0.1, 0.15) is 0 Å². The molecule has 0 radical (unpaired) electrons. The van der Waals surface area contributed by atoms with E-state index in [9.17, 15) is 9.90 Å². The summed E-state index contributed by atoms with van der Waals surface area (Å²) in [6, 6.07) is 5.44. The van der Waals surface area contributed by atoms with E-state index in [1.54, 1.807) is 6.07 Å². The molecule has 0 heterocycles. The lowest BCUT2D eigenvalue weighted by molar-refractivity contribution is -0.119. The van der Waals surface area contributed by atoms with Gasteiger partial charge >= 0.3 is 0 Å². The van der Waals surface area contributed by atoms with Crippen LogP contribution in [-0.2, 0) is 11.2 Å². The minimum Gasteiger partial charge on any atom is -0.504 e. The highest BCUT2D eigenvalue weighted by molar-refractivity contribution is 5.73. The zero-order valence-electron chi connectivity index (χ0n) is 10.5. The molecule has 0 fully saturated rings. The molecular weight excluding hydrogens is 218 g/mol. The SMILES string of the molecule is COc1cc(CC[C@@H](C)NC(C)=O)ccc1O. The number of methoxy groups -OCH3 is 1. The van der Waals surface area contributed by atoms with Gasteiger partial charge in [0.15, 0.2) is 11.5 Å². The van der Waals surface area contributed by atoms with Gasteiger partial charge < -0.3 is 15.2 Å². The molecule has 0 aliphatic rings. The van der Waals surface area contributed by atoms with Gasteiger partial charge in [-0.2, -0.15) is 0 Å². The van der Waals surface area contributed by atoms with Gasteiger partial charge in [-0.05, 0) is 37.5 Å². The maximum absolute atomic E-state index is 10.8. The molecule has 1 amide bonds. The highest BCUT2D eigenvalue weighted by Gasteiger charge is 2.06. The second kappa shape index (κ2) is 6.13. The van der Waals surface area contributed by atoms with Crippen LogP contribution in [0.5, 0.6) is 11.5 Å². The van der Waals surface area contributed by atoms with Crippen molar-refractivity contribution >= 4 is 5.91 Å². The molecule has 1 rings (SSSR count). The normalized spacial score (nSPS) is 11.9. The van der Waals surface area contributed by atoms with E-state index in [1.807, 2.05) is 19.1 Å². The van der Waals surface area contributed by atoms with Crippen LogP contribution in [0.3, 0.4) is 0 Å². The van der Waals surface area contributed by atoms with Gasteiger partial charge in [0.05, 0.1) is 7.11 Å². The van der Waals surface area contributed by atoms with E-state index in [4.69, 9.17) is 4.74 Å². The number of ether oxygens (including phenoxy) is 1. The Morgan fingerprint density at radius 3 is 2.82 bits per heavy atom. The Labute approximate surface area is 102 Å². The van der Waals surface area contributed by atoms with E-state index in [-0.39, 0.29) is 17.7 Å². The number of carbonyl (C=O) groups excluding carboxylic acids is 1. The number of phenolic OH excluding ortho intramolecular Hbond substituents is 1. The average Bonchev–Trinajstić information content (AvgIpc) is 2.27. The fraction of sp³-hybridized carbons (Fsp3) is 0.462. The Balaban J connectivity index is 2.54. The molecule has 1 aromatic carbocycles. The number of hydrogen-bond acceptors (Lipinski definition) is 3. The molecule has 0 saturated carbocycles. The van der Waals surface area contributed by atoms with Gasteiger partial charge in [0, 0.05) is 13.0 Å². The van der Waals surface area contributed by atoms with E-state index < -0.39 is 0 Å². The molecular formula is C13H19NO3. The lowest BCUT2D eigenvalue weighted by Crippen LogP contribution is -2.30. The van der Waals surface area contributed by atoms with Crippen molar-refractivity contribution in [2.45, 2.75) is 32.7 Å². The standard InChI is InChI=1S/C13H19NO3/c1-9(14-10(2)15)4-5-11-6-7-12(16)13(8-11)17-3/h6-9,16H,4-5H2,1-3H3,(H,14,15)/t9-/m1/s1. The molecule has 17 heavy (non-hydrogen) atoms. The number of aryl methyl sites for hydroxylation is 1. The van der Waals surface area contributed by atoms with Crippen LogP contribution in [0.15, 0.2) is 18.2 Å². The van der Waals surface area contributed by atoms with Gasteiger partial charge in [-0.25, -0.2) is 0 Å². The molecule has 0 aromatic heterocycles. The first-order valence-corrected chi connectivity index (χ1v) is 5.66. The zero-order valence-corrected chi connectivity index (χ0v) is 10.5. The third kappa shape index (κ3) is 4.34. The van der Waals surface area contributed by atoms with Crippen molar-refractivity contribution < 1.29 is 14.6 Å². The molecule has 1 aromatic rings. The summed E-state index contributed by atoms with van der Waals surface area (Å²) in [5.74, 6) is 0.613. The summed E-state index contributed by atoms with van der Waals surface area (Å²) in [5.41, 5.74) is 1.08. The Bertz CT molecular complexity index is 390. The van der Waals surface area contributed by atoms with Crippen molar-refractivity contribution in [1.29, 1.82) is 0 Å². The highest BCUT2D eigenvalue weighted by Crippen LogP contribution is 2.26. The first-order chi connectivity index (χ1) is 8.02. The van der Waals surface area contributed by atoms with Crippen molar-refractivity contribution in [2.24, 2.45) is 0 Å². The minimum absolute atomic E-state index is 0.0132. The van der Waals surface area contributed by atoms with Crippen LogP contribution < -0.4 is 10.1 Å². The third-order valence-corrected chi connectivity index (χ3v) is 2.56. The number of amides is 1. The molecule has 0 unspecified atom stereocenters. The van der Waals surface area contributed by atoms with Gasteiger partial charge in [-0.1, -0.05) is 6.07 Å². The Morgan fingerprint density at radius 2 is 2.24 bits per heavy atom. The van der Waals surface area contributed by atoms with Crippen LogP contribution in [-0.4, -0.2) is 24.2 Å². The van der Waals surface area contributed by atoms with Crippen LogP contribution in [0.4, 0.5) is 0 Å². The molecule has 2 N–H and O–H groups in total. The quantitative estimate of drug-likeness (QED) is 0.821. The molecule has 0 bridgehead atoms. The average molecular weight is 237 g/mol. The number of rotatable bonds is 5. The predicted molar refractivity (Wildman–Crippen MR) is 66.3 cm³/mol. The van der Waals surface area contributed by atoms with Crippen molar-refractivity contribution in [3.63, 3.8) is 0 Å². The van der Waals surface area contributed by atoms with E-state index >= 15 is 0 Å². The monoisotopic (exact) mass is 237 g/mol. The number of nitrogens with one attached hydrogen (secondary N) is 1. The van der Waals surface area contributed by atoms with Crippen molar-refractivity contribution in [1.82, 2.24) is 5.32 Å². The van der Waals surface area contributed by atoms with Crippen LogP contribution in [0.2, 0.25) is 0 Å². The smallest absolute Gasteiger partial charge is 0.217 e. The fourth-order valence-corrected chi connectivity index (χ4v) is 1.68. The van der Waals surface area contributed by atoms with Crippen molar-refractivity contribution in [2.75, 3.05) is 7.11 Å². The summed E-state index contributed by atoms with van der Waals surface area (Å²) in [4.78, 5) is 10.8. The molecule has 0 saturated heterocycles. The maximum Gasteiger partial charge on any atom is 0.217 e. The molecule has 4 nitrogen and oxygen atoms in total. The minimum atomic E-state index is -0.0132. The molecule has 94 valence electrons. The molecule has 0 aliphatic carbocycles. The summed E-state index contributed by atoms with van der Waals surface area (Å²) < 4.78 is 5.04. The second-order valence-corrected chi connectivity index (χ2v) is 4.15.